The van der Waals surface area contributed by atoms with Crippen molar-refractivity contribution >= 4 is 16.9 Å². The first kappa shape index (κ1) is 16.8. The molecule has 1 aromatic carbocycles. The van der Waals surface area contributed by atoms with Gasteiger partial charge < -0.3 is 10.6 Å². The van der Waals surface area contributed by atoms with Gasteiger partial charge in [-0.3, -0.25) is 9.13 Å². The van der Waals surface area contributed by atoms with Gasteiger partial charge in [0.2, 0.25) is 0 Å². The number of benzene rings is 1. The Morgan fingerprint density at radius 2 is 2.00 bits per heavy atom. The van der Waals surface area contributed by atoms with E-state index in [9.17, 15) is 4.79 Å². The highest BCUT2D eigenvalue weighted by atomic mass is 16.1. The van der Waals surface area contributed by atoms with Crippen molar-refractivity contribution < 1.29 is 0 Å². The third kappa shape index (κ3) is 2.90. The number of pyridine rings is 1. The first-order valence-electron chi connectivity index (χ1n) is 9.15. The summed E-state index contributed by atoms with van der Waals surface area (Å²) in [7, 11) is 1.79. The molecule has 1 aliphatic heterocycles. The number of hydrogen-bond acceptors (Lipinski definition) is 4. The fourth-order valence-corrected chi connectivity index (χ4v) is 3.81. The normalized spacial score (nSPS) is 17.8. The smallest absolute Gasteiger partial charge is 0.330 e. The number of nitrogens with zero attached hydrogens (tertiary/aromatic N) is 4. The van der Waals surface area contributed by atoms with Crippen molar-refractivity contribution in [3.63, 3.8) is 0 Å². The van der Waals surface area contributed by atoms with E-state index in [1.165, 1.54) is 5.56 Å². The molecule has 0 radical (unpaired) electrons. The summed E-state index contributed by atoms with van der Waals surface area (Å²) in [5, 5.41) is 0. The van der Waals surface area contributed by atoms with Crippen LogP contribution < -0.4 is 16.3 Å². The standard InChI is InChI=1S/C20H25N5O/c1-14-5-7-15(8-6-14)12-25-18-17(24-11-3-4-16(21)13-24)9-10-22-19(18)23(2)20(25)26/h5-10,16H,3-4,11-13,21H2,1-2H3/t16-/m1/s1. The summed E-state index contributed by atoms with van der Waals surface area (Å²) in [6.45, 7) is 4.37. The van der Waals surface area contributed by atoms with Gasteiger partial charge in [0, 0.05) is 32.4 Å². The molecule has 6 heteroatoms. The van der Waals surface area contributed by atoms with Gasteiger partial charge in [0.15, 0.2) is 5.65 Å². The Labute approximate surface area is 152 Å². The maximum Gasteiger partial charge on any atom is 0.330 e. The minimum atomic E-state index is -0.0400. The SMILES string of the molecule is Cc1ccc(Cn2c(=O)n(C)c3nccc(N4CCC[C@@H](N)C4)c32)cc1. The molecule has 6 nitrogen and oxygen atoms in total. The fourth-order valence-electron chi connectivity index (χ4n) is 3.81. The zero-order valence-corrected chi connectivity index (χ0v) is 15.4. The molecule has 2 N–H and O–H groups in total. The highest BCUT2D eigenvalue weighted by Crippen LogP contribution is 2.27. The topological polar surface area (TPSA) is 69.1 Å². The Morgan fingerprint density at radius 1 is 1.23 bits per heavy atom. The van der Waals surface area contributed by atoms with E-state index >= 15 is 0 Å². The lowest BCUT2D eigenvalue weighted by Gasteiger charge is -2.33. The number of fused-ring (bicyclic) bond motifs is 1. The molecule has 1 aliphatic rings. The number of anilines is 1. The molecular formula is C20H25N5O. The minimum absolute atomic E-state index is 0.0400. The van der Waals surface area contributed by atoms with E-state index in [1.807, 2.05) is 10.6 Å². The lowest BCUT2D eigenvalue weighted by atomic mass is 10.1. The molecule has 4 rings (SSSR count). The van der Waals surface area contributed by atoms with Crippen LogP contribution in [-0.2, 0) is 13.6 Å². The third-order valence-corrected chi connectivity index (χ3v) is 5.25. The van der Waals surface area contributed by atoms with Crippen LogP contribution in [0.15, 0.2) is 41.3 Å². The van der Waals surface area contributed by atoms with Gasteiger partial charge in [-0.1, -0.05) is 29.8 Å². The van der Waals surface area contributed by atoms with Crippen LogP contribution in [0.2, 0.25) is 0 Å². The largest absolute Gasteiger partial charge is 0.368 e. The Morgan fingerprint density at radius 3 is 2.73 bits per heavy atom. The van der Waals surface area contributed by atoms with Gasteiger partial charge >= 0.3 is 5.69 Å². The van der Waals surface area contributed by atoms with Crippen molar-refractivity contribution in [1.29, 1.82) is 0 Å². The Balaban J connectivity index is 1.85. The van der Waals surface area contributed by atoms with Crippen LogP contribution in [0.25, 0.3) is 11.2 Å². The van der Waals surface area contributed by atoms with Crippen molar-refractivity contribution in [2.45, 2.75) is 32.4 Å². The molecule has 2 aromatic heterocycles. The van der Waals surface area contributed by atoms with Gasteiger partial charge in [-0.2, -0.15) is 0 Å². The molecule has 0 spiro atoms. The van der Waals surface area contributed by atoms with E-state index in [0.717, 1.165) is 48.3 Å². The summed E-state index contributed by atoms with van der Waals surface area (Å²) in [4.78, 5) is 19.7. The predicted molar refractivity (Wildman–Crippen MR) is 105 cm³/mol. The summed E-state index contributed by atoms with van der Waals surface area (Å²) in [6.07, 6.45) is 3.91. The number of aromatic nitrogens is 3. The summed E-state index contributed by atoms with van der Waals surface area (Å²) >= 11 is 0. The number of rotatable bonds is 3. The van der Waals surface area contributed by atoms with E-state index in [1.54, 1.807) is 17.8 Å². The van der Waals surface area contributed by atoms with Gasteiger partial charge in [0.05, 0.1) is 12.2 Å². The zero-order chi connectivity index (χ0) is 18.3. The van der Waals surface area contributed by atoms with E-state index in [2.05, 4.69) is 41.1 Å². The summed E-state index contributed by atoms with van der Waals surface area (Å²) in [5.41, 5.74) is 11.1. The second-order valence-corrected chi connectivity index (χ2v) is 7.26. The Kier molecular flexibility index (Phi) is 4.28. The second kappa shape index (κ2) is 6.61. The van der Waals surface area contributed by atoms with Crippen LogP contribution in [0.4, 0.5) is 5.69 Å². The number of hydrogen-bond donors (Lipinski definition) is 1. The van der Waals surface area contributed by atoms with Gasteiger partial charge in [0.1, 0.15) is 5.52 Å². The second-order valence-electron chi connectivity index (χ2n) is 7.26. The zero-order valence-electron chi connectivity index (χ0n) is 15.4. The van der Waals surface area contributed by atoms with Gasteiger partial charge in [0.25, 0.3) is 0 Å². The van der Waals surface area contributed by atoms with Crippen LogP contribution in [-0.4, -0.2) is 33.2 Å². The third-order valence-electron chi connectivity index (χ3n) is 5.25. The van der Waals surface area contributed by atoms with Crippen molar-refractivity contribution in [2.75, 3.05) is 18.0 Å². The maximum atomic E-state index is 12.9. The predicted octanol–water partition coefficient (Wildman–Crippen LogP) is 2.02. The molecule has 3 heterocycles. The molecule has 0 bridgehead atoms. The first-order valence-corrected chi connectivity index (χ1v) is 9.15. The highest BCUT2D eigenvalue weighted by molar-refractivity contribution is 5.87. The van der Waals surface area contributed by atoms with E-state index < -0.39 is 0 Å². The molecular weight excluding hydrogens is 326 g/mol. The van der Waals surface area contributed by atoms with Crippen molar-refractivity contribution in [2.24, 2.45) is 12.8 Å². The highest BCUT2D eigenvalue weighted by Gasteiger charge is 2.23. The summed E-state index contributed by atoms with van der Waals surface area (Å²) in [6, 6.07) is 10.5. The lowest BCUT2D eigenvalue weighted by molar-refractivity contribution is 0.506. The fraction of sp³-hybridized carbons (Fsp3) is 0.400. The van der Waals surface area contributed by atoms with Crippen LogP contribution in [0.1, 0.15) is 24.0 Å². The average Bonchev–Trinajstić information content (AvgIpc) is 2.88. The first-order chi connectivity index (χ1) is 12.5. The Hall–Kier alpha value is -2.60. The van der Waals surface area contributed by atoms with Gasteiger partial charge in [-0.15, -0.1) is 0 Å². The van der Waals surface area contributed by atoms with Gasteiger partial charge in [-0.05, 0) is 31.4 Å². The molecule has 0 aliphatic carbocycles. The molecule has 1 fully saturated rings. The van der Waals surface area contributed by atoms with E-state index in [0.29, 0.717) is 6.54 Å². The number of aryl methyl sites for hydroxylation is 2. The van der Waals surface area contributed by atoms with Crippen molar-refractivity contribution in [3.05, 3.63) is 58.1 Å². The molecule has 26 heavy (non-hydrogen) atoms. The van der Waals surface area contributed by atoms with Gasteiger partial charge in [-0.25, -0.2) is 9.78 Å². The average molecular weight is 351 g/mol. The van der Waals surface area contributed by atoms with Crippen molar-refractivity contribution in [1.82, 2.24) is 14.1 Å². The molecule has 0 unspecified atom stereocenters. The van der Waals surface area contributed by atoms with Crippen LogP contribution in [0.3, 0.4) is 0 Å². The minimum Gasteiger partial charge on any atom is -0.368 e. The van der Waals surface area contributed by atoms with E-state index in [-0.39, 0.29) is 11.7 Å². The Bertz CT molecular complexity index is 986. The lowest BCUT2D eigenvalue weighted by Crippen LogP contribution is -2.43. The molecule has 0 saturated carbocycles. The monoisotopic (exact) mass is 351 g/mol. The number of piperidine rings is 1. The maximum absolute atomic E-state index is 12.9. The van der Waals surface area contributed by atoms with Crippen LogP contribution in [0.5, 0.6) is 0 Å². The number of imidazole rings is 1. The molecule has 1 saturated heterocycles. The molecule has 3 aromatic rings. The molecule has 0 amide bonds. The van der Waals surface area contributed by atoms with E-state index in [4.69, 9.17) is 5.73 Å². The van der Waals surface area contributed by atoms with Crippen molar-refractivity contribution in [3.8, 4) is 0 Å². The van der Waals surface area contributed by atoms with Crippen LogP contribution in [0, 0.1) is 6.92 Å². The molecule has 1 atom stereocenters. The van der Waals surface area contributed by atoms with Crippen LogP contribution >= 0.6 is 0 Å². The quantitative estimate of drug-likeness (QED) is 0.784. The summed E-state index contributed by atoms with van der Waals surface area (Å²) in [5.74, 6) is 0. The number of nitrogens with two attached hydrogens (primary N) is 1. The summed E-state index contributed by atoms with van der Waals surface area (Å²) < 4.78 is 3.47. The molecule has 136 valence electrons.